The van der Waals surface area contributed by atoms with Gasteiger partial charge in [0.1, 0.15) is 11.6 Å². The van der Waals surface area contributed by atoms with Gasteiger partial charge in [0.2, 0.25) is 11.0 Å². The van der Waals surface area contributed by atoms with E-state index in [1.807, 2.05) is 44.3 Å². The maximum absolute atomic E-state index is 13.0. The lowest BCUT2D eigenvalue weighted by Gasteiger charge is -2.18. The Morgan fingerprint density at radius 3 is 2.59 bits per heavy atom. The van der Waals surface area contributed by atoms with E-state index in [0.29, 0.717) is 17.4 Å². The Hall–Kier alpha value is -2.80. The Morgan fingerprint density at radius 1 is 1.19 bits per heavy atom. The summed E-state index contributed by atoms with van der Waals surface area (Å²) in [6.45, 7) is 2.15. The quantitative estimate of drug-likeness (QED) is 0.676. The van der Waals surface area contributed by atoms with Gasteiger partial charge in [0.05, 0.1) is 12.6 Å². The second-order valence-electron chi connectivity index (χ2n) is 6.35. The maximum atomic E-state index is 13.0. The van der Waals surface area contributed by atoms with Crippen molar-refractivity contribution in [3.63, 3.8) is 0 Å². The summed E-state index contributed by atoms with van der Waals surface area (Å²) in [5.41, 5.74) is 2.00. The Kier molecular flexibility index (Phi) is 6.13. The van der Waals surface area contributed by atoms with Crippen molar-refractivity contribution in [3.05, 3.63) is 77.4 Å². The molecule has 1 aromatic heterocycles. The molecular formula is C20H21FN4OS. The SMILES string of the molecule is C[C@@H](NC(=O)CN(C)c1nc(Cc2ccc(F)cc2)ns1)c1ccccc1. The first kappa shape index (κ1) is 19.0. The van der Waals surface area contributed by atoms with Crippen LogP contribution in [0.15, 0.2) is 54.6 Å². The highest BCUT2D eigenvalue weighted by Crippen LogP contribution is 2.18. The molecule has 1 atom stereocenters. The molecule has 7 heteroatoms. The van der Waals surface area contributed by atoms with E-state index >= 15 is 0 Å². The lowest BCUT2D eigenvalue weighted by atomic mass is 10.1. The average molecular weight is 384 g/mol. The van der Waals surface area contributed by atoms with Crippen molar-refractivity contribution >= 4 is 22.6 Å². The number of hydrogen-bond donors (Lipinski definition) is 1. The third kappa shape index (κ3) is 5.34. The lowest BCUT2D eigenvalue weighted by molar-refractivity contribution is -0.120. The molecule has 0 aliphatic heterocycles. The molecule has 3 aromatic rings. The molecule has 0 fully saturated rings. The first-order valence-corrected chi connectivity index (χ1v) is 9.41. The molecule has 140 valence electrons. The molecule has 0 aliphatic carbocycles. The highest BCUT2D eigenvalue weighted by molar-refractivity contribution is 7.09. The van der Waals surface area contributed by atoms with Crippen LogP contribution in [0.4, 0.5) is 9.52 Å². The van der Waals surface area contributed by atoms with Crippen molar-refractivity contribution in [2.45, 2.75) is 19.4 Å². The number of halogens is 1. The highest BCUT2D eigenvalue weighted by atomic mass is 32.1. The number of benzene rings is 2. The van der Waals surface area contributed by atoms with Gasteiger partial charge in [-0.25, -0.2) is 9.37 Å². The zero-order chi connectivity index (χ0) is 19.2. The third-order valence-electron chi connectivity index (χ3n) is 4.12. The van der Waals surface area contributed by atoms with E-state index in [9.17, 15) is 9.18 Å². The molecule has 0 saturated heterocycles. The molecule has 5 nitrogen and oxygen atoms in total. The van der Waals surface area contributed by atoms with Crippen LogP contribution in [0.1, 0.15) is 29.9 Å². The summed E-state index contributed by atoms with van der Waals surface area (Å²) >= 11 is 1.25. The van der Waals surface area contributed by atoms with Crippen LogP contribution >= 0.6 is 11.5 Å². The summed E-state index contributed by atoms with van der Waals surface area (Å²) in [6.07, 6.45) is 0.530. The number of carbonyl (C=O) groups is 1. The number of aromatic nitrogens is 2. The van der Waals surface area contributed by atoms with Gasteiger partial charge in [-0.2, -0.15) is 4.37 Å². The van der Waals surface area contributed by atoms with Gasteiger partial charge >= 0.3 is 0 Å². The van der Waals surface area contributed by atoms with Crippen LogP contribution in [0.5, 0.6) is 0 Å². The Bertz CT molecular complexity index is 883. The Labute approximate surface area is 162 Å². The highest BCUT2D eigenvalue weighted by Gasteiger charge is 2.15. The van der Waals surface area contributed by atoms with E-state index < -0.39 is 0 Å². The molecule has 2 aromatic carbocycles. The summed E-state index contributed by atoms with van der Waals surface area (Å²) in [7, 11) is 1.81. The number of nitrogens with zero attached hydrogens (tertiary/aromatic N) is 3. The molecule has 0 bridgehead atoms. The average Bonchev–Trinajstić information content (AvgIpc) is 3.13. The first-order valence-electron chi connectivity index (χ1n) is 8.64. The van der Waals surface area contributed by atoms with E-state index in [1.165, 1.54) is 23.7 Å². The summed E-state index contributed by atoms with van der Waals surface area (Å²) < 4.78 is 17.3. The second kappa shape index (κ2) is 8.73. The number of amides is 1. The van der Waals surface area contributed by atoms with Crippen LogP contribution in [0, 0.1) is 5.82 Å². The minimum atomic E-state index is -0.263. The molecule has 1 heterocycles. The van der Waals surface area contributed by atoms with Crippen LogP contribution < -0.4 is 10.2 Å². The molecule has 3 rings (SSSR count). The van der Waals surface area contributed by atoms with Crippen molar-refractivity contribution in [2.24, 2.45) is 0 Å². The molecule has 0 spiro atoms. The van der Waals surface area contributed by atoms with Crippen molar-refractivity contribution in [1.82, 2.24) is 14.7 Å². The van der Waals surface area contributed by atoms with E-state index in [2.05, 4.69) is 14.7 Å². The minimum absolute atomic E-state index is 0.0597. The number of anilines is 1. The van der Waals surface area contributed by atoms with Gasteiger partial charge in [0.25, 0.3) is 0 Å². The molecule has 1 N–H and O–H groups in total. The molecular weight excluding hydrogens is 363 g/mol. The van der Waals surface area contributed by atoms with Crippen molar-refractivity contribution in [1.29, 1.82) is 0 Å². The fraction of sp³-hybridized carbons (Fsp3) is 0.250. The summed E-state index contributed by atoms with van der Waals surface area (Å²) in [5.74, 6) is 0.316. The van der Waals surface area contributed by atoms with Gasteiger partial charge < -0.3 is 10.2 Å². The zero-order valence-electron chi connectivity index (χ0n) is 15.2. The standard InChI is InChI=1S/C20H21FN4OS/c1-14(16-6-4-3-5-7-16)22-19(26)13-25(2)20-23-18(24-27-20)12-15-8-10-17(21)11-9-15/h3-11,14H,12-13H2,1-2H3,(H,22,26)/t14-/m1/s1. The summed E-state index contributed by atoms with van der Waals surface area (Å²) in [5, 5.41) is 3.66. The van der Waals surface area contributed by atoms with Gasteiger partial charge in [-0.3, -0.25) is 4.79 Å². The number of hydrogen-bond acceptors (Lipinski definition) is 5. The lowest BCUT2D eigenvalue weighted by Crippen LogP contribution is -2.36. The molecule has 0 radical (unpaired) electrons. The third-order valence-corrected chi connectivity index (χ3v) is 4.99. The van der Waals surface area contributed by atoms with Gasteiger partial charge in [-0.05, 0) is 30.2 Å². The normalized spacial score (nSPS) is 11.8. The summed E-state index contributed by atoms with van der Waals surface area (Å²) in [6, 6.07) is 16.1. The van der Waals surface area contributed by atoms with Crippen molar-refractivity contribution in [2.75, 3.05) is 18.5 Å². The Morgan fingerprint density at radius 2 is 1.89 bits per heavy atom. The fourth-order valence-corrected chi connectivity index (χ4v) is 3.29. The predicted octanol–water partition coefficient (Wildman–Crippen LogP) is 3.58. The van der Waals surface area contributed by atoms with Gasteiger partial charge in [0, 0.05) is 25.0 Å². The number of rotatable bonds is 7. The second-order valence-corrected chi connectivity index (χ2v) is 7.08. The summed E-state index contributed by atoms with van der Waals surface area (Å²) in [4.78, 5) is 18.6. The van der Waals surface area contributed by atoms with Gasteiger partial charge in [-0.15, -0.1) is 0 Å². The monoisotopic (exact) mass is 384 g/mol. The zero-order valence-corrected chi connectivity index (χ0v) is 16.0. The predicted molar refractivity (Wildman–Crippen MR) is 105 cm³/mol. The van der Waals surface area contributed by atoms with Gasteiger partial charge in [-0.1, -0.05) is 42.5 Å². The maximum Gasteiger partial charge on any atom is 0.240 e. The van der Waals surface area contributed by atoms with Crippen LogP contribution in [0.25, 0.3) is 0 Å². The Balaban J connectivity index is 1.55. The van der Waals surface area contributed by atoms with Gasteiger partial charge in [0.15, 0.2) is 0 Å². The van der Waals surface area contributed by atoms with Crippen LogP contribution in [0.2, 0.25) is 0 Å². The van der Waals surface area contributed by atoms with Crippen LogP contribution in [0.3, 0.4) is 0 Å². The van der Waals surface area contributed by atoms with E-state index in [4.69, 9.17) is 0 Å². The number of nitrogens with one attached hydrogen (secondary N) is 1. The van der Waals surface area contributed by atoms with E-state index in [1.54, 1.807) is 17.0 Å². The largest absolute Gasteiger partial charge is 0.348 e. The minimum Gasteiger partial charge on any atom is -0.348 e. The molecule has 0 unspecified atom stereocenters. The topological polar surface area (TPSA) is 58.1 Å². The van der Waals surface area contributed by atoms with Crippen molar-refractivity contribution < 1.29 is 9.18 Å². The molecule has 0 saturated carbocycles. The number of likely N-dealkylation sites (N-methyl/N-ethyl adjacent to an activating group) is 1. The molecule has 0 aliphatic rings. The van der Waals surface area contributed by atoms with Crippen LogP contribution in [-0.4, -0.2) is 28.9 Å². The van der Waals surface area contributed by atoms with E-state index in [-0.39, 0.29) is 24.3 Å². The van der Waals surface area contributed by atoms with Crippen LogP contribution in [-0.2, 0) is 11.2 Å². The molecule has 27 heavy (non-hydrogen) atoms. The molecule has 1 amide bonds. The van der Waals surface area contributed by atoms with Crippen molar-refractivity contribution in [3.8, 4) is 0 Å². The smallest absolute Gasteiger partial charge is 0.240 e. The first-order chi connectivity index (χ1) is 13.0. The number of carbonyl (C=O) groups excluding carboxylic acids is 1. The van der Waals surface area contributed by atoms with E-state index in [0.717, 1.165) is 11.1 Å². The fourth-order valence-electron chi connectivity index (χ4n) is 2.65.